The highest BCUT2D eigenvalue weighted by Gasteiger charge is 2.30. The molecule has 2 aromatic carbocycles. The van der Waals surface area contributed by atoms with E-state index in [2.05, 4.69) is 19.9 Å². The number of fused-ring (bicyclic) bond motifs is 6. The first kappa shape index (κ1) is 9.97. The number of benzene rings is 2. The van der Waals surface area contributed by atoms with Crippen molar-refractivity contribution in [3.05, 3.63) is 48.5 Å². The third kappa shape index (κ3) is 1.15. The first-order valence-corrected chi connectivity index (χ1v) is 6.44. The summed E-state index contributed by atoms with van der Waals surface area (Å²) in [6, 6.07) is 15.7. The van der Waals surface area contributed by atoms with Crippen LogP contribution in [0.2, 0.25) is 0 Å². The van der Waals surface area contributed by atoms with E-state index in [9.17, 15) is 0 Å². The normalized spacial score (nSPS) is 12.0. The minimum Gasteiger partial charge on any atom is -0.242 e. The summed E-state index contributed by atoms with van der Waals surface area (Å²) in [6.45, 7) is 0. The Morgan fingerprint density at radius 2 is 0.650 bits per heavy atom. The fourth-order valence-corrected chi connectivity index (χ4v) is 2.60. The highest BCUT2D eigenvalue weighted by molar-refractivity contribution is 5.99. The lowest BCUT2D eigenvalue weighted by molar-refractivity contribution is 1.15. The van der Waals surface area contributed by atoms with Gasteiger partial charge in [0.05, 0.1) is 22.1 Å². The number of rotatable bonds is 0. The summed E-state index contributed by atoms with van der Waals surface area (Å²) in [5.41, 5.74) is 7.01. The van der Waals surface area contributed by atoms with E-state index >= 15 is 0 Å². The predicted molar refractivity (Wildman–Crippen MR) is 77.1 cm³/mol. The van der Waals surface area contributed by atoms with Crippen molar-refractivity contribution in [2.45, 2.75) is 0 Å². The fourth-order valence-electron chi connectivity index (χ4n) is 2.60. The van der Waals surface area contributed by atoms with E-state index in [4.69, 9.17) is 0 Å². The molecule has 0 amide bonds. The maximum absolute atomic E-state index is 4.65. The first-order valence-electron chi connectivity index (χ1n) is 6.44. The van der Waals surface area contributed by atoms with E-state index in [1.165, 1.54) is 0 Å². The van der Waals surface area contributed by atoms with Gasteiger partial charge in [0.2, 0.25) is 0 Å². The van der Waals surface area contributed by atoms with Crippen molar-refractivity contribution in [1.82, 2.24) is 19.9 Å². The summed E-state index contributed by atoms with van der Waals surface area (Å²) >= 11 is 0. The molecule has 92 valence electrons. The Kier molecular flexibility index (Phi) is 1.68. The Bertz CT molecular complexity index is 829. The molecular weight excluding hydrogens is 248 g/mol. The van der Waals surface area contributed by atoms with Gasteiger partial charge in [-0.2, -0.15) is 0 Å². The van der Waals surface area contributed by atoms with Gasteiger partial charge < -0.3 is 0 Å². The predicted octanol–water partition coefficient (Wildman–Crippen LogP) is 3.22. The van der Waals surface area contributed by atoms with Crippen LogP contribution in [0.3, 0.4) is 0 Å². The molecular formula is C16H8N4. The lowest BCUT2D eigenvalue weighted by atomic mass is 9.98. The zero-order valence-electron chi connectivity index (χ0n) is 10.4. The molecule has 0 bridgehead atoms. The summed E-state index contributed by atoms with van der Waals surface area (Å²) in [6.07, 6.45) is 0. The lowest BCUT2D eigenvalue weighted by Crippen LogP contribution is -2.09. The van der Waals surface area contributed by atoms with Gasteiger partial charge in [0.25, 0.3) is 0 Å². The van der Waals surface area contributed by atoms with Gasteiger partial charge in [0, 0.05) is 0 Å². The van der Waals surface area contributed by atoms with Crippen LogP contribution in [0, 0.1) is 0 Å². The lowest BCUT2D eigenvalue weighted by Gasteiger charge is -2.20. The molecule has 4 nitrogen and oxygen atoms in total. The molecule has 1 aliphatic rings. The first-order chi connectivity index (χ1) is 9.90. The fraction of sp³-hybridized carbons (Fsp3) is 0. The summed E-state index contributed by atoms with van der Waals surface area (Å²) < 4.78 is 0. The topological polar surface area (TPSA) is 51.6 Å². The molecule has 5 rings (SSSR count). The Labute approximate surface area is 114 Å². The van der Waals surface area contributed by atoms with E-state index < -0.39 is 0 Å². The monoisotopic (exact) mass is 256 g/mol. The maximum atomic E-state index is 4.65. The highest BCUT2D eigenvalue weighted by atomic mass is 15.0. The van der Waals surface area contributed by atoms with Crippen LogP contribution in [0.4, 0.5) is 0 Å². The molecule has 20 heavy (non-hydrogen) atoms. The molecule has 0 saturated carbocycles. The van der Waals surface area contributed by atoms with Crippen LogP contribution in [0.15, 0.2) is 48.5 Å². The van der Waals surface area contributed by atoms with E-state index in [1.54, 1.807) is 0 Å². The quantitative estimate of drug-likeness (QED) is 0.427. The van der Waals surface area contributed by atoms with Gasteiger partial charge in [-0.15, -0.1) is 0 Å². The van der Waals surface area contributed by atoms with Crippen molar-refractivity contribution in [3.8, 4) is 22.8 Å². The number of hydrogen-bond acceptors (Lipinski definition) is 4. The third-order valence-electron chi connectivity index (χ3n) is 3.59. The van der Waals surface area contributed by atoms with Crippen molar-refractivity contribution in [3.63, 3.8) is 0 Å². The Morgan fingerprint density at radius 1 is 0.400 bits per heavy atom. The molecule has 2 heterocycles. The summed E-state index contributed by atoms with van der Waals surface area (Å²) in [5.74, 6) is 0. The van der Waals surface area contributed by atoms with Crippen molar-refractivity contribution < 1.29 is 0 Å². The highest BCUT2D eigenvalue weighted by Crippen LogP contribution is 2.43. The van der Waals surface area contributed by atoms with Gasteiger partial charge in [-0.05, 0) is 24.3 Å². The molecule has 1 aliphatic carbocycles. The van der Waals surface area contributed by atoms with Crippen molar-refractivity contribution in [1.29, 1.82) is 0 Å². The molecule has 0 aliphatic heterocycles. The van der Waals surface area contributed by atoms with Gasteiger partial charge >= 0.3 is 0 Å². The molecule has 4 aromatic rings. The number of aromatic nitrogens is 4. The number of hydrogen-bond donors (Lipinski definition) is 0. The Balaban J connectivity index is 1.85. The van der Waals surface area contributed by atoms with Crippen LogP contribution in [-0.4, -0.2) is 19.9 Å². The van der Waals surface area contributed by atoms with Crippen LogP contribution in [0.25, 0.3) is 44.8 Å². The molecule has 0 radical (unpaired) electrons. The number of nitrogens with zero attached hydrogens (tertiary/aromatic N) is 4. The van der Waals surface area contributed by atoms with Crippen LogP contribution < -0.4 is 0 Å². The van der Waals surface area contributed by atoms with Crippen LogP contribution in [0.5, 0.6) is 0 Å². The van der Waals surface area contributed by atoms with E-state index in [0.717, 1.165) is 44.8 Å². The largest absolute Gasteiger partial charge is 0.242 e. The summed E-state index contributed by atoms with van der Waals surface area (Å²) in [4.78, 5) is 18.6. The third-order valence-corrected chi connectivity index (χ3v) is 3.59. The van der Waals surface area contributed by atoms with E-state index in [0.29, 0.717) is 0 Å². The van der Waals surface area contributed by atoms with Gasteiger partial charge in [-0.3, -0.25) is 0 Å². The van der Waals surface area contributed by atoms with Gasteiger partial charge in [-0.1, -0.05) is 24.3 Å². The van der Waals surface area contributed by atoms with Gasteiger partial charge in [0.1, 0.15) is 22.8 Å². The second-order valence-electron chi connectivity index (χ2n) is 4.82. The molecule has 0 fully saturated rings. The Hall–Kier alpha value is -2.88. The van der Waals surface area contributed by atoms with E-state index in [-0.39, 0.29) is 0 Å². The van der Waals surface area contributed by atoms with Crippen LogP contribution >= 0.6 is 0 Å². The second kappa shape index (κ2) is 3.36. The zero-order valence-corrected chi connectivity index (χ0v) is 10.4. The average Bonchev–Trinajstić information content (AvgIpc) is 2.52. The molecule has 0 atom stereocenters. The molecule has 2 aromatic heterocycles. The molecule has 0 N–H and O–H groups in total. The minimum absolute atomic E-state index is 0.858. The standard InChI is InChI=1S/C16H8N4/c1-2-6-10-9(5-1)17-13-14(18-10)16-15(13)19-11-7-3-4-8-12(11)20-16/h1-8H. The van der Waals surface area contributed by atoms with Crippen molar-refractivity contribution >= 4 is 22.1 Å². The van der Waals surface area contributed by atoms with Gasteiger partial charge in [-0.25, -0.2) is 19.9 Å². The number of para-hydroxylation sites is 4. The van der Waals surface area contributed by atoms with E-state index in [1.807, 2.05) is 48.5 Å². The van der Waals surface area contributed by atoms with Crippen molar-refractivity contribution in [2.75, 3.05) is 0 Å². The average molecular weight is 256 g/mol. The second-order valence-corrected chi connectivity index (χ2v) is 4.82. The summed E-state index contributed by atoms with van der Waals surface area (Å²) in [5, 5.41) is 0. The molecule has 4 heteroatoms. The minimum atomic E-state index is 0.858. The SMILES string of the molecule is c1ccc2nc3c(nc2c1)-c1nc2ccccc2nc1-3. The van der Waals surface area contributed by atoms with Crippen LogP contribution in [0.1, 0.15) is 0 Å². The molecule has 0 unspecified atom stereocenters. The van der Waals surface area contributed by atoms with Gasteiger partial charge in [0.15, 0.2) is 0 Å². The Morgan fingerprint density at radius 3 is 0.900 bits per heavy atom. The van der Waals surface area contributed by atoms with Crippen molar-refractivity contribution in [2.24, 2.45) is 0 Å². The smallest absolute Gasteiger partial charge is 0.120 e. The molecule has 0 saturated heterocycles. The maximum Gasteiger partial charge on any atom is 0.120 e. The summed E-state index contributed by atoms with van der Waals surface area (Å²) in [7, 11) is 0. The molecule has 0 spiro atoms. The zero-order chi connectivity index (χ0) is 13.1. The van der Waals surface area contributed by atoms with Crippen LogP contribution in [-0.2, 0) is 0 Å².